The minimum Gasteiger partial charge on any atom is -0.341 e. The van der Waals surface area contributed by atoms with E-state index in [0.29, 0.717) is 46.6 Å². The molecule has 3 aromatic heterocycles. The van der Waals surface area contributed by atoms with Crippen molar-refractivity contribution in [2.45, 2.75) is 25.1 Å². The quantitative estimate of drug-likeness (QED) is 0.232. The molecule has 238 valence electrons. The third kappa shape index (κ3) is 6.67. The molecule has 5 aromatic rings. The SMILES string of the molecule is CN(C(=O)c1cccnc1-c1ccc(C(F)(F)F)cc1)c1ccc2cc(C(=O)N[C@H](C(=O)N3CCCC3)c3ccccn3)ccc2n1. The lowest BCUT2D eigenvalue weighted by Crippen LogP contribution is -2.42. The highest BCUT2D eigenvalue weighted by Gasteiger charge is 2.31. The average Bonchev–Trinajstić information content (AvgIpc) is 3.65. The van der Waals surface area contributed by atoms with Gasteiger partial charge in [-0.2, -0.15) is 13.2 Å². The maximum Gasteiger partial charge on any atom is 0.416 e. The number of anilines is 1. The molecule has 1 N–H and O–H groups in total. The Bertz CT molecular complexity index is 1940. The third-order valence-electron chi connectivity index (χ3n) is 8.03. The van der Waals surface area contributed by atoms with Crippen LogP contribution in [0.1, 0.15) is 50.9 Å². The second-order valence-corrected chi connectivity index (χ2v) is 11.1. The van der Waals surface area contributed by atoms with Crippen molar-refractivity contribution < 1.29 is 27.6 Å². The van der Waals surface area contributed by atoms with Gasteiger partial charge >= 0.3 is 6.18 Å². The van der Waals surface area contributed by atoms with Crippen molar-refractivity contribution in [3.05, 3.63) is 120 Å². The van der Waals surface area contributed by atoms with Crippen molar-refractivity contribution in [3.63, 3.8) is 0 Å². The van der Waals surface area contributed by atoms with Crippen molar-refractivity contribution in [3.8, 4) is 11.3 Å². The van der Waals surface area contributed by atoms with E-state index in [1.54, 1.807) is 71.8 Å². The number of halogens is 3. The zero-order valence-electron chi connectivity index (χ0n) is 25.2. The molecule has 9 nitrogen and oxygen atoms in total. The van der Waals surface area contributed by atoms with Crippen LogP contribution in [0, 0.1) is 0 Å². The molecular formula is C35H29F3N6O3. The van der Waals surface area contributed by atoms with Gasteiger partial charge in [0.2, 0.25) is 0 Å². The standard InChI is InChI=1S/C35H29F3N6O3/c1-43(33(46)26-7-6-18-40-30(26)22-9-13-25(14-10-22)35(36,37)38)29-16-12-23-21-24(11-15-27(23)41-29)32(45)42-31(28-8-2-3-17-39-28)34(47)44-19-4-5-20-44/h2-3,6-18,21,31H,4-5,19-20H2,1H3,(H,42,45)/t31-/m0/s1. The zero-order valence-corrected chi connectivity index (χ0v) is 25.2. The molecular weight excluding hydrogens is 609 g/mol. The monoisotopic (exact) mass is 638 g/mol. The number of likely N-dealkylation sites (tertiary alicyclic amines) is 1. The first-order valence-corrected chi connectivity index (χ1v) is 14.9. The number of amides is 3. The highest BCUT2D eigenvalue weighted by Crippen LogP contribution is 2.32. The molecule has 12 heteroatoms. The fourth-order valence-corrected chi connectivity index (χ4v) is 5.50. The Morgan fingerprint density at radius 3 is 2.32 bits per heavy atom. The van der Waals surface area contributed by atoms with Crippen LogP contribution in [-0.2, 0) is 11.0 Å². The van der Waals surface area contributed by atoms with Crippen LogP contribution in [0.25, 0.3) is 22.2 Å². The van der Waals surface area contributed by atoms with E-state index >= 15 is 0 Å². The number of aromatic nitrogens is 3. The number of nitrogens with one attached hydrogen (secondary N) is 1. The average molecular weight is 639 g/mol. The Morgan fingerprint density at radius 1 is 0.872 bits per heavy atom. The smallest absolute Gasteiger partial charge is 0.341 e. The fourth-order valence-electron chi connectivity index (χ4n) is 5.50. The summed E-state index contributed by atoms with van der Waals surface area (Å²) < 4.78 is 39.2. The van der Waals surface area contributed by atoms with E-state index in [2.05, 4.69) is 20.3 Å². The lowest BCUT2D eigenvalue weighted by atomic mass is 10.0. The van der Waals surface area contributed by atoms with Crippen molar-refractivity contribution in [1.29, 1.82) is 0 Å². The Hall–Kier alpha value is -5.65. The summed E-state index contributed by atoms with van der Waals surface area (Å²) in [5.41, 5.74) is 1.28. The van der Waals surface area contributed by atoms with Crippen molar-refractivity contribution in [1.82, 2.24) is 25.2 Å². The number of carbonyl (C=O) groups excluding carboxylic acids is 3. The maximum absolute atomic E-state index is 13.6. The van der Waals surface area contributed by atoms with Crippen LogP contribution in [0.3, 0.4) is 0 Å². The normalized spacial score (nSPS) is 13.7. The molecule has 0 radical (unpaired) electrons. The van der Waals surface area contributed by atoms with Gasteiger partial charge in [-0.15, -0.1) is 0 Å². The first kappa shape index (κ1) is 31.3. The summed E-state index contributed by atoms with van der Waals surface area (Å²) in [6, 6.07) is 20.1. The Balaban J connectivity index is 1.22. The van der Waals surface area contributed by atoms with Crippen LogP contribution in [-0.4, -0.2) is 57.7 Å². The molecule has 4 heterocycles. The van der Waals surface area contributed by atoms with E-state index in [4.69, 9.17) is 0 Å². The van der Waals surface area contributed by atoms with E-state index in [-0.39, 0.29) is 17.2 Å². The van der Waals surface area contributed by atoms with Gasteiger partial charge in [-0.3, -0.25) is 29.3 Å². The molecule has 0 aliphatic carbocycles. The number of carbonyl (C=O) groups is 3. The number of benzene rings is 2. The summed E-state index contributed by atoms with van der Waals surface area (Å²) in [6.07, 6.45) is 0.390. The fraction of sp³-hybridized carbons (Fsp3) is 0.200. The highest BCUT2D eigenvalue weighted by molar-refractivity contribution is 6.09. The van der Waals surface area contributed by atoms with E-state index in [0.717, 1.165) is 25.0 Å². The van der Waals surface area contributed by atoms with E-state index in [1.807, 2.05) is 0 Å². The summed E-state index contributed by atoms with van der Waals surface area (Å²) in [5, 5.41) is 3.49. The summed E-state index contributed by atoms with van der Waals surface area (Å²) >= 11 is 0. The molecule has 3 amide bonds. The lowest BCUT2D eigenvalue weighted by molar-refractivity contribution is -0.137. The number of rotatable bonds is 7. The van der Waals surface area contributed by atoms with Gasteiger partial charge in [-0.25, -0.2) is 4.98 Å². The Morgan fingerprint density at radius 2 is 1.62 bits per heavy atom. The van der Waals surface area contributed by atoms with Gasteiger partial charge in [0, 0.05) is 49.0 Å². The van der Waals surface area contributed by atoms with Gasteiger partial charge in [0.1, 0.15) is 5.82 Å². The van der Waals surface area contributed by atoms with Gasteiger partial charge in [0.15, 0.2) is 6.04 Å². The van der Waals surface area contributed by atoms with Gasteiger partial charge < -0.3 is 10.2 Å². The molecule has 1 fully saturated rings. The number of fused-ring (bicyclic) bond motifs is 1. The second-order valence-electron chi connectivity index (χ2n) is 11.1. The van der Waals surface area contributed by atoms with Gasteiger partial charge in [-0.05, 0) is 79.6 Å². The summed E-state index contributed by atoms with van der Waals surface area (Å²) in [4.78, 5) is 56.6. The molecule has 47 heavy (non-hydrogen) atoms. The van der Waals surface area contributed by atoms with Crippen LogP contribution in [0.4, 0.5) is 19.0 Å². The minimum atomic E-state index is -4.48. The Labute approximate surface area is 268 Å². The van der Waals surface area contributed by atoms with Crippen LogP contribution in [0.15, 0.2) is 97.3 Å². The molecule has 0 bridgehead atoms. The maximum atomic E-state index is 13.6. The number of alkyl halides is 3. The molecule has 1 atom stereocenters. The zero-order chi connectivity index (χ0) is 33.1. The first-order chi connectivity index (χ1) is 22.6. The first-order valence-electron chi connectivity index (χ1n) is 14.9. The molecule has 6 rings (SSSR count). The Kier molecular flexibility index (Phi) is 8.66. The van der Waals surface area contributed by atoms with Gasteiger partial charge in [0.25, 0.3) is 17.7 Å². The molecule has 0 spiro atoms. The summed E-state index contributed by atoms with van der Waals surface area (Å²) in [5.74, 6) is -0.796. The molecule has 0 unspecified atom stereocenters. The third-order valence-corrected chi connectivity index (χ3v) is 8.03. The lowest BCUT2D eigenvalue weighted by Gasteiger charge is -2.23. The van der Waals surface area contributed by atoms with Crippen LogP contribution in [0.2, 0.25) is 0 Å². The second kappa shape index (κ2) is 13.0. The summed E-state index contributed by atoms with van der Waals surface area (Å²) in [7, 11) is 1.54. The van der Waals surface area contributed by atoms with Crippen LogP contribution >= 0.6 is 0 Å². The molecule has 2 aromatic carbocycles. The topological polar surface area (TPSA) is 108 Å². The highest BCUT2D eigenvalue weighted by atomic mass is 19.4. The molecule has 1 saturated heterocycles. The van der Waals surface area contributed by atoms with E-state index in [1.165, 1.54) is 30.3 Å². The van der Waals surface area contributed by atoms with Crippen molar-refractivity contribution >= 4 is 34.4 Å². The van der Waals surface area contributed by atoms with Crippen molar-refractivity contribution in [2.75, 3.05) is 25.0 Å². The van der Waals surface area contributed by atoms with Crippen LogP contribution < -0.4 is 10.2 Å². The molecule has 0 saturated carbocycles. The number of hydrogen-bond donors (Lipinski definition) is 1. The molecule has 1 aliphatic rings. The van der Waals surface area contributed by atoms with Gasteiger partial charge in [-0.1, -0.05) is 18.2 Å². The van der Waals surface area contributed by atoms with E-state index in [9.17, 15) is 27.6 Å². The predicted octanol–water partition coefficient (Wildman–Crippen LogP) is 6.08. The predicted molar refractivity (Wildman–Crippen MR) is 169 cm³/mol. The molecule has 1 aliphatic heterocycles. The summed E-state index contributed by atoms with van der Waals surface area (Å²) in [6.45, 7) is 1.27. The van der Waals surface area contributed by atoms with E-state index < -0.39 is 29.6 Å². The van der Waals surface area contributed by atoms with Crippen molar-refractivity contribution in [2.24, 2.45) is 0 Å². The minimum absolute atomic E-state index is 0.189. The van der Waals surface area contributed by atoms with Gasteiger partial charge in [0.05, 0.1) is 28.0 Å². The number of nitrogens with zero attached hydrogens (tertiary/aromatic N) is 5. The number of hydrogen-bond acceptors (Lipinski definition) is 6. The largest absolute Gasteiger partial charge is 0.416 e. The number of pyridine rings is 3. The van der Waals surface area contributed by atoms with Crippen LogP contribution in [0.5, 0.6) is 0 Å².